The lowest BCUT2D eigenvalue weighted by Gasteiger charge is -2.47. The number of cyclic esters (lactones) is 1. The number of amides is 1. The van der Waals surface area contributed by atoms with Gasteiger partial charge in [-0.1, -0.05) is 6.58 Å². The van der Waals surface area contributed by atoms with E-state index in [-0.39, 0.29) is 37.3 Å². The van der Waals surface area contributed by atoms with Gasteiger partial charge >= 0.3 is 12.1 Å². The zero-order valence-corrected chi connectivity index (χ0v) is 29.5. The van der Waals surface area contributed by atoms with Crippen molar-refractivity contribution in [2.45, 2.75) is 62.9 Å². The molecular formula is C35H46N2O14. The molecule has 51 heavy (non-hydrogen) atoms. The van der Waals surface area contributed by atoms with Gasteiger partial charge in [-0.15, -0.1) is 0 Å². The normalized spacial score (nSPS) is 32.9. The summed E-state index contributed by atoms with van der Waals surface area (Å²) in [5.74, 6) is -1.21. The summed E-state index contributed by atoms with van der Waals surface area (Å²) in [4.78, 5) is 28.0. The summed E-state index contributed by atoms with van der Waals surface area (Å²) in [5.41, 5.74) is 1.68. The SMILES string of the molecule is C=C(/C=C(OC)\C(OC(=O)N(C)CCNC)=C(/C)OC)[C@@H]1c2cc3c(cc2[C@@H](O[C@@H]2O[C@@H]4CO[C@@H](C)O[C@H]4[C@H](O)[C@H]2O)[C@H]2COC(=O)[C@@H]21)OCO3. The van der Waals surface area contributed by atoms with Crippen LogP contribution in [0.3, 0.4) is 0 Å². The fraction of sp³-hybridized carbons (Fsp3) is 0.600. The summed E-state index contributed by atoms with van der Waals surface area (Å²) in [7, 11) is 6.24. The topological polar surface area (TPSA) is 182 Å². The van der Waals surface area contributed by atoms with Gasteiger partial charge in [-0.3, -0.25) is 4.79 Å². The van der Waals surface area contributed by atoms with Gasteiger partial charge in [0, 0.05) is 32.0 Å². The number of esters is 1. The molecule has 0 aromatic heterocycles. The van der Waals surface area contributed by atoms with E-state index in [9.17, 15) is 19.8 Å². The van der Waals surface area contributed by atoms with Crippen LogP contribution in [0.2, 0.25) is 0 Å². The molecule has 0 spiro atoms. The summed E-state index contributed by atoms with van der Waals surface area (Å²) in [6, 6.07) is 3.54. The minimum atomic E-state index is -1.47. The van der Waals surface area contributed by atoms with Crippen molar-refractivity contribution in [3.8, 4) is 11.5 Å². The smallest absolute Gasteiger partial charge is 0.415 e. The van der Waals surface area contributed by atoms with E-state index < -0.39 is 72.9 Å². The number of methoxy groups -OCH3 is 2. The van der Waals surface area contributed by atoms with Crippen molar-refractivity contribution in [1.82, 2.24) is 10.2 Å². The number of nitrogens with zero attached hydrogens (tertiary/aromatic N) is 1. The van der Waals surface area contributed by atoms with Crippen molar-refractivity contribution >= 4 is 12.1 Å². The molecule has 3 N–H and O–H groups in total. The van der Waals surface area contributed by atoms with Crippen LogP contribution in [0.25, 0.3) is 0 Å². The molecular weight excluding hydrogens is 672 g/mol. The molecule has 0 saturated carbocycles. The molecule has 16 nitrogen and oxygen atoms in total. The predicted molar refractivity (Wildman–Crippen MR) is 175 cm³/mol. The van der Waals surface area contributed by atoms with Crippen LogP contribution in [-0.2, 0) is 42.7 Å². The first-order valence-corrected chi connectivity index (χ1v) is 16.8. The average molecular weight is 719 g/mol. The van der Waals surface area contributed by atoms with Gasteiger partial charge in [0.2, 0.25) is 12.6 Å². The minimum Gasteiger partial charge on any atom is -0.497 e. The maximum Gasteiger partial charge on any atom is 0.415 e. The molecule has 1 aromatic carbocycles. The van der Waals surface area contributed by atoms with Gasteiger partial charge in [-0.25, -0.2) is 4.79 Å². The molecule has 1 aromatic rings. The first-order valence-electron chi connectivity index (χ1n) is 16.8. The highest BCUT2D eigenvalue weighted by Crippen LogP contribution is 2.56. The van der Waals surface area contributed by atoms with Crippen molar-refractivity contribution in [1.29, 1.82) is 0 Å². The Balaban J connectivity index is 1.36. The van der Waals surface area contributed by atoms with E-state index in [1.807, 2.05) is 0 Å². The van der Waals surface area contributed by atoms with Gasteiger partial charge < -0.3 is 67.8 Å². The minimum absolute atomic E-state index is 0.00165. The molecule has 16 heteroatoms. The van der Waals surface area contributed by atoms with E-state index in [1.54, 1.807) is 46.2 Å². The Labute approximate surface area is 295 Å². The third-order valence-corrected chi connectivity index (χ3v) is 9.87. The summed E-state index contributed by atoms with van der Waals surface area (Å²) in [6.07, 6.45) is -6.09. The van der Waals surface area contributed by atoms with Crippen LogP contribution in [0.5, 0.6) is 11.5 Å². The van der Waals surface area contributed by atoms with Crippen LogP contribution in [0, 0.1) is 11.8 Å². The molecule has 10 atom stereocenters. The Morgan fingerprint density at radius 1 is 1.08 bits per heavy atom. The molecule has 0 radical (unpaired) electrons. The van der Waals surface area contributed by atoms with Crippen LogP contribution >= 0.6 is 0 Å². The maximum atomic E-state index is 13.6. The number of aliphatic hydroxyl groups is 2. The molecule has 4 heterocycles. The van der Waals surface area contributed by atoms with E-state index in [4.69, 9.17) is 47.4 Å². The number of allylic oxidation sites excluding steroid dienone is 3. The first kappa shape index (κ1) is 36.9. The Bertz CT molecular complexity index is 1560. The van der Waals surface area contributed by atoms with Gasteiger partial charge in [0.1, 0.15) is 30.2 Å². The van der Waals surface area contributed by atoms with Gasteiger partial charge in [-0.2, -0.15) is 0 Å². The van der Waals surface area contributed by atoms with Gasteiger partial charge in [0.15, 0.2) is 29.8 Å². The Hall–Kier alpha value is -3.90. The monoisotopic (exact) mass is 718 g/mol. The van der Waals surface area contributed by atoms with Crippen molar-refractivity contribution in [2.75, 3.05) is 61.4 Å². The number of carbonyl (C=O) groups excluding carboxylic acids is 2. The van der Waals surface area contributed by atoms with Crippen LogP contribution < -0.4 is 14.8 Å². The number of nitrogens with one attached hydrogen (secondary N) is 1. The Morgan fingerprint density at radius 2 is 1.80 bits per heavy atom. The number of ether oxygens (including phenoxy) is 10. The molecule has 5 aliphatic rings. The molecule has 280 valence electrons. The Kier molecular flexibility index (Phi) is 11.1. The summed E-state index contributed by atoms with van der Waals surface area (Å²) >= 11 is 0. The van der Waals surface area contributed by atoms with Gasteiger partial charge in [0.05, 0.1) is 39.5 Å². The van der Waals surface area contributed by atoms with E-state index in [0.29, 0.717) is 41.3 Å². The molecule has 3 fully saturated rings. The number of aliphatic hydroxyl groups excluding tert-OH is 2. The van der Waals surface area contributed by atoms with Gasteiger partial charge in [0.25, 0.3) is 0 Å². The average Bonchev–Trinajstić information content (AvgIpc) is 3.75. The third kappa shape index (κ3) is 7.13. The number of likely N-dealkylation sites (N-methyl/N-ethyl adjacent to an activating group) is 2. The summed E-state index contributed by atoms with van der Waals surface area (Å²) in [6.45, 7) is 8.75. The van der Waals surface area contributed by atoms with Crippen LogP contribution in [0.15, 0.2) is 47.6 Å². The van der Waals surface area contributed by atoms with Crippen molar-refractivity contribution in [2.24, 2.45) is 11.8 Å². The largest absolute Gasteiger partial charge is 0.497 e. The number of hydrogen-bond donors (Lipinski definition) is 3. The van der Waals surface area contributed by atoms with Crippen LogP contribution in [0.1, 0.15) is 37.0 Å². The predicted octanol–water partition coefficient (Wildman–Crippen LogP) is 1.82. The number of rotatable bonds is 11. The molecule has 1 amide bonds. The second-order valence-corrected chi connectivity index (χ2v) is 13.0. The number of carbonyl (C=O) groups is 2. The zero-order chi connectivity index (χ0) is 36.6. The van der Waals surface area contributed by atoms with E-state index in [2.05, 4.69) is 11.9 Å². The zero-order valence-electron chi connectivity index (χ0n) is 29.5. The number of benzene rings is 1. The fourth-order valence-corrected chi connectivity index (χ4v) is 7.09. The lowest BCUT2D eigenvalue weighted by molar-refractivity contribution is -0.364. The van der Waals surface area contributed by atoms with Crippen molar-refractivity contribution < 1.29 is 67.2 Å². The van der Waals surface area contributed by atoms with Gasteiger partial charge in [-0.05, 0) is 55.8 Å². The molecule has 0 unspecified atom stereocenters. The second-order valence-electron chi connectivity index (χ2n) is 13.0. The van der Waals surface area contributed by atoms with Crippen LogP contribution in [-0.4, -0.2) is 126 Å². The number of hydrogen-bond acceptors (Lipinski definition) is 15. The van der Waals surface area contributed by atoms with E-state index >= 15 is 0 Å². The highest BCUT2D eigenvalue weighted by Gasteiger charge is 2.56. The lowest BCUT2D eigenvalue weighted by Crippen LogP contribution is -2.63. The standard InChI is InChI=1S/C35H46N2O14/c1-16(10-24(43-7)30(17(2)42-6)51-35(41)37(5)9-8-36-4)26-19-11-22-23(47-15-46-22)12-20(19)31(21-13-45-33(40)27(21)26)50-34-29(39)28(38)32-25(49-34)14-44-18(3)48-32/h10-12,18,21,25-29,31-32,34,36,38-39H,1,8-9,13-15H2,2-7H3/b24-10+,30-17-/t18-,21+,25-,26-,27+,28-,29-,31-,32-,34+/m1/s1. The first-order chi connectivity index (χ1) is 24.5. The summed E-state index contributed by atoms with van der Waals surface area (Å²) < 4.78 is 57.9. The highest BCUT2D eigenvalue weighted by molar-refractivity contribution is 5.79. The quantitative estimate of drug-likeness (QED) is 0.171. The van der Waals surface area contributed by atoms with E-state index in [1.165, 1.54) is 19.1 Å². The van der Waals surface area contributed by atoms with Crippen molar-refractivity contribution in [3.05, 3.63) is 58.8 Å². The Morgan fingerprint density at radius 3 is 2.49 bits per heavy atom. The second kappa shape index (κ2) is 15.4. The van der Waals surface area contributed by atoms with Crippen LogP contribution in [0.4, 0.5) is 4.79 Å². The number of fused-ring (bicyclic) bond motifs is 4. The highest BCUT2D eigenvalue weighted by atomic mass is 16.8. The molecule has 4 aliphatic heterocycles. The lowest BCUT2D eigenvalue weighted by atomic mass is 9.66. The van der Waals surface area contributed by atoms with E-state index in [0.717, 1.165) is 0 Å². The molecule has 3 saturated heterocycles. The molecule has 1 aliphatic carbocycles. The molecule has 6 rings (SSSR count). The van der Waals surface area contributed by atoms with Crippen molar-refractivity contribution in [3.63, 3.8) is 0 Å². The maximum absolute atomic E-state index is 13.6. The fourth-order valence-electron chi connectivity index (χ4n) is 7.09. The molecule has 0 bridgehead atoms. The summed E-state index contributed by atoms with van der Waals surface area (Å²) in [5, 5.41) is 25.1. The third-order valence-electron chi connectivity index (χ3n) is 9.87.